The van der Waals surface area contributed by atoms with Crippen molar-refractivity contribution >= 4 is 18.0 Å². The Kier molecular flexibility index (Phi) is 17.8. The van der Waals surface area contributed by atoms with E-state index in [4.69, 9.17) is 21.2 Å². The van der Waals surface area contributed by atoms with Gasteiger partial charge in [0.2, 0.25) is 0 Å². The van der Waals surface area contributed by atoms with Crippen LogP contribution in [0.4, 0.5) is 0 Å². The number of fused-ring (bicyclic) bond motifs is 2. The van der Waals surface area contributed by atoms with Gasteiger partial charge in [0, 0.05) is 48.0 Å². The third kappa shape index (κ3) is 10.1. The van der Waals surface area contributed by atoms with Crippen molar-refractivity contribution < 1.29 is 29.3 Å². The Balaban J connectivity index is 0.000000280. The Morgan fingerprint density at radius 3 is 1.34 bits per heavy atom. The van der Waals surface area contributed by atoms with E-state index >= 15 is 0 Å². The SMILES string of the molecule is C=CC(C)(CCO)C(C)C(=C)C12CCC(=O)C1=C(C)C(C)CC2.C=CC(C)(CCOC(c1ccccc1)(c1ccccc1)c1ccccc1)C(C)C(=C)C12CCC(=O)C1=C(C)C(C)CC2.O=CO. The molecule has 364 valence electrons. The van der Waals surface area contributed by atoms with Crippen molar-refractivity contribution in [3.05, 3.63) is 180 Å². The molecule has 8 atom stereocenters. The molecule has 2 fully saturated rings. The second kappa shape index (κ2) is 22.5. The van der Waals surface area contributed by atoms with Crippen molar-refractivity contribution in [3.8, 4) is 0 Å². The fourth-order valence-electron chi connectivity index (χ4n) is 12.2. The van der Waals surface area contributed by atoms with E-state index in [0.29, 0.717) is 49.3 Å². The Labute approximate surface area is 409 Å². The number of hydrogen-bond acceptors (Lipinski definition) is 5. The maximum Gasteiger partial charge on any atom is 0.290 e. The molecule has 4 aliphatic carbocycles. The fraction of sp³-hybridized carbons (Fsp3) is 0.468. The van der Waals surface area contributed by atoms with Crippen molar-refractivity contribution in [1.29, 1.82) is 0 Å². The molecule has 3 aromatic rings. The zero-order valence-corrected chi connectivity index (χ0v) is 42.5. The summed E-state index contributed by atoms with van der Waals surface area (Å²) in [6, 6.07) is 31.6. The summed E-state index contributed by atoms with van der Waals surface area (Å²) in [6.07, 6.45) is 12.8. The van der Waals surface area contributed by atoms with Gasteiger partial charge < -0.3 is 14.9 Å². The number of ether oxygens (including phenoxy) is 1. The summed E-state index contributed by atoms with van der Waals surface area (Å²) in [5.41, 5.74) is 8.79. The highest BCUT2D eigenvalue weighted by atomic mass is 16.5. The molecule has 0 heterocycles. The Hall–Kier alpha value is -5.17. The summed E-state index contributed by atoms with van der Waals surface area (Å²) in [5.74, 6) is 1.93. The van der Waals surface area contributed by atoms with Crippen LogP contribution in [0.5, 0.6) is 0 Å². The molecule has 0 saturated heterocycles. The topological polar surface area (TPSA) is 101 Å². The van der Waals surface area contributed by atoms with Gasteiger partial charge in [0.15, 0.2) is 11.6 Å². The highest BCUT2D eigenvalue weighted by Crippen LogP contribution is 2.60. The van der Waals surface area contributed by atoms with Gasteiger partial charge >= 0.3 is 0 Å². The van der Waals surface area contributed by atoms with E-state index in [-0.39, 0.29) is 46.6 Å². The first-order chi connectivity index (χ1) is 32.3. The summed E-state index contributed by atoms with van der Waals surface area (Å²) < 4.78 is 7.15. The average molecular weight is 921 g/mol. The lowest BCUT2D eigenvalue weighted by Crippen LogP contribution is -2.38. The number of aliphatic hydroxyl groups excluding tert-OH is 1. The number of aliphatic hydroxyl groups is 1. The highest BCUT2D eigenvalue weighted by molar-refractivity contribution is 6.01. The number of Topliss-reactive ketones (excluding diaryl/α,β-unsaturated/α-hetero) is 2. The molecule has 3 aromatic carbocycles. The summed E-state index contributed by atoms with van der Waals surface area (Å²) in [6.45, 7) is 35.6. The fourth-order valence-corrected chi connectivity index (χ4v) is 12.2. The van der Waals surface area contributed by atoms with Gasteiger partial charge in [0.05, 0.1) is 0 Å². The zero-order chi connectivity index (χ0) is 50.1. The van der Waals surface area contributed by atoms with Gasteiger partial charge in [-0.1, -0.05) is 180 Å². The number of hydrogen-bond donors (Lipinski definition) is 2. The summed E-state index contributed by atoms with van der Waals surface area (Å²) in [5, 5.41) is 16.3. The predicted octanol–water partition coefficient (Wildman–Crippen LogP) is 14.4. The van der Waals surface area contributed by atoms with Gasteiger partial charge in [-0.3, -0.25) is 14.4 Å². The summed E-state index contributed by atoms with van der Waals surface area (Å²) >= 11 is 0. The minimum absolute atomic E-state index is 0.139. The van der Waals surface area contributed by atoms with E-state index in [1.54, 1.807) is 0 Å². The minimum Gasteiger partial charge on any atom is -0.483 e. The number of carboxylic acid groups (broad SMARTS) is 1. The van der Waals surface area contributed by atoms with E-state index < -0.39 is 5.60 Å². The summed E-state index contributed by atoms with van der Waals surface area (Å²) in [4.78, 5) is 34.1. The first kappa shape index (κ1) is 53.8. The lowest BCUT2D eigenvalue weighted by atomic mass is 9.58. The largest absolute Gasteiger partial charge is 0.483 e. The molecule has 0 aliphatic heterocycles. The van der Waals surface area contributed by atoms with Crippen LogP contribution in [0, 0.1) is 45.3 Å². The van der Waals surface area contributed by atoms with Gasteiger partial charge in [-0.05, 0) is 116 Å². The second-order valence-corrected chi connectivity index (χ2v) is 20.9. The van der Waals surface area contributed by atoms with Crippen LogP contribution in [0.25, 0.3) is 0 Å². The van der Waals surface area contributed by atoms with E-state index in [0.717, 1.165) is 72.8 Å². The Bertz CT molecular complexity index is 2260. The van der Waals surface area contributed by atoms with Crippen molar-refractivity contribution in [2.75, 3.05) is 13.2 Å². The van der Waals surface area contributed by atoms with Crippen molar-refractivity contribution in [3.63, 3.8) is 0 Å². The van der Waals surface area contributed by atoms with E-state index in [1.807, 2.05) is 6.08 Å². The van der Waals surface area contributed by atoms with E-state index in [2.05, 4.69) is 172 Å². The van der Waals surface area contributed by atoms with Crippen LogP contribution < -0.4 is 0 Å². The zero-order valence-electron chi connectivity index (χ0n) is 42.5. The molecule has 0 aromatic heterocycles. The molecule has 6 heteroatoms. The molecule has 6 nitrogen and oxygen atoms in total. The van der Waals surface area contributed by atoms with Gasteiger partial charge in [0.25, 0.3) is 6.47 Å². The smallest absolute Gasteiger partial charge is 0.290 e. The number of carbonyl (C=O) groups is 3. The highest BCUT2D eigenvalue weighted by Gasteiger charge is 2.53. The monoisotopic (exact) mass is 921 g/mol. The Morgan fingerprint density at radius 2 is 1.01 bits per heavy atom. The van der Waals surface area contributed by atoms with E-state index in [1.165, 1.54) is 22.3 Å². The second-order valence-electron chi connectivity index (χ2n) is 20.9. The number of allylic oxidation sites excluding steroid dienone is 8. The van der Waals surface area contributed by atoms with Crippen LogP contribution in [0.3, 0.4) is 0 Å². The molecule has 0 bridgehead atoms. The number of carbonyl (C=O) groups excluding carboxylic acids is 2. The first-order valence-electron chi connectivity index (χ1n) is 25.0. The van der Waals surface area contributed by atoms with Crippen LogP contribution in [0.15, 0.2) is 163 Å². The molecule has 2 N–H and O–H groups in total. The molecule has 68 heavy (non-hydrogen) atoms. The molecule has 8 unspecified atom stereocenters. The van der Waals surface area contributed by atoms with Gasteiger partial charge in [-0.2, -0.15) is 0 Å². The molecule has 0 radical (unpaired) electrons. The molecule has 4 aliphatic rings. The lowest BCUT2D eigenvalue weighted by Gasteiger charge is -2.46. The molecule has 7 rings (SSSR count). The normalized spacial score (nSPS) is 24.9. The van der Waals surface area contributed by atoms with Gasteiger partial charge in [0.1, 0.15) is 5.60 Å². The quantitative estimate of drug-likeness (QED) is 0.0795. The van der Waals surface area contributed by atoms with Crippen molar-refractivity contribution in [2.45, 2.75) is 125 Å². The molecular formula is C62H80O6. The van der Waals surface area contributed by atoms with Crippen molar-refractivity contribution in [2.24, 2.45) is 45.3 Å². The van der Waals surface area contributed by atoms with E-state index in [9.17, 15) is 14.7 Å². The first-order valence-corrected chi connectivity index (χ1v) is 25.0. The van der Waals surface area contributed by atoms with Gasteiger partial charge in [-0.15, -0.1) is 13.2 Å². The molecule has 0 spiro atoms. The third-order valence-corrected chi connectivity index (χ3v) is 17.7. The summed E-state index contributed by atoms with van der Waals surface area (Å²) in [7, 11) is 0. The van der Waals surface area contributed by atoms with Crippen LogP contribution >= 0.6 is 0 Å². The van der Waals surface area contributed by atoms with Gasteiger partial charge in [-0.25, -0.2) is 0 Å². The van der Waals surface area contributed by atoms with Crippen LogP contribution in [-0.2, 0) is 24.7 Å². The van der Waals surface area contributed by atoms with Crippen LogP contribution in [0.2, 0.25) is 0 Å². The predicted molar refractivity (Wildman–Crippen MR) is 279 cm³/mol. The average Bonchev–Trinajstić information content (AvgIpc) is 3.90. The lowest BCUT2D eigenvalue weighted by molar-refractivity contribution is -0.123. The maximum absolute atomic E-state index is 13.2. The van der Waals surface area contributed by atoms with Crippen LogP contribution in [-0.4, -0.2) is 41.5 Å². The molecule has 2 saturated carbocycles. The number of rotatable bonds is 17. The number of benzene rings is 3. The molecule has 0 amide bonds. The van der Waals surface area contributed by atoms with Crippen LogP contribution in [0.1, 0.15) is 136 Å². The van der Waals surface area contributed by atoms with Crippen molar-refractivity contribution in [1.82, 2.24) is 0 Å². The Morgan fingerprint density at radius 1 is 0.676 bits per heavy atom. The minimum atomic E-state index is -0.755. The maximum atomic E-state index is 13.2. The molecular weight excluding hydrogens is 841 g/mol. The third-order valence-electron chi connectivity index (χ3n) is 17.7. The standard InChI is InChI=1S/C40H46O2.C21H32O2.CH2O2/c1-7-38(6,31(4)32(5)39-25-23-29(2)30(3)37(39)36(41)24-26-39)27-28-42-40(33-17-11-8-12-18-33,34-19-13-9-14-20-34)35-21-15-10-16-22-35;1-7-20(6,12-13-22)16(4)17(5)21-10-8-14(2)15(3)19(21)18(23)9-11-21;2-1-3/h7-22,29,31H,1,5,23-28H2,2-4,6H3;7,14,16,22H,1,5,8-13H2,2-4,6H3;1H,(H,2,3). The number of ketones is 2.